The first kappa shape index (κ1) is 12.9. The summed E-state index contributed by atoms with van der Waals surface area (Å²) in [5.74, 6) is 1.57. The van der Waals surface area contributed by atoms with E-state index in [0.717, 1.165) is 17.1 Å². The molecule has 0 fully saturated rings. The quantitative estimate of drug-likeness (QED) is 0.487. The first-order chi connectivity index (χ1) is 7.65. The molecule has 0 amide bonds. The van der Waals surface area contributed by atoms with Gasteiger partial charge in [-0.25, -0.2) is 4.79 Å². The minimum atomic E-state index is -0.302. The predicted octanol–water partition coefficient (Wildman–Crippen LogP) is 2.49. The smallest absolute Gasteiger partial charge is 0.338 e. The fourth-order valence-electron chi connectivity index (χ4n) is 1.19. The van der Waals surface area contributed by atoms with Gasteiger partial charge in [0.25, 0.3) is 0 Å². The van der Waals surface area contributed by atoms with E-state index >= 15 is 0 Å². The van der Waals surface area contributed by atoms with Crippen LogP contribution in [-0.4, -0.2) is 24.1 Å². The molecule has 88 valence electrons. The van der Waals surface area contributed by atoms with Crippen molar-refractivity contribution in [2.75, 3.05) is 23.8 Å². The molecule has 3 nitrogen and oxygen atoms in total. The van der Waals surface area contributed by atoms with Crippen molar-refractivity contribution in [3.05, 3.63) is 29.3 Å². The summed E-state index contributed by atoms with van der Waals surface area (Å²) in [5.41, 5.74) is 7.83. The number of carbonyl (C=O) groups excluding carboxylic acids is 1. The molecule has 0 aliphatic rings. The Hall–Kier alpha value is -1.16. The maximum atomic E-state index is 11.6. The van der Waals surface area contributed by atoms with Gasteiger partial charge >= 0.3 is 5.97 Å². The Morgan fingerprint density at radius 3 is 2.88 bits per heavy atom. The number of nitrogens with two attached hydrogens (primary N) is 1. The van der Waals surface area contributed by atoms with Crippen molar-refractivity contribution in [3.8, 4) is 0 Å². The number of ether oxygens (including phenoxy) is 1. The fraction of sp³-hybridized carbons (Fsp3) is 0.417. The second kappa shape index (κ2) is 6.43. The molecule has 0 atom stereocenters. The lowest BCUT2D eigenvalue weighted by Crippen LogP contribution is -2.08. The van der Waals surface area contributed by atoms with Crippen LogP contribution >= 0.6 is 11.8 Å². The van der Waals surface area contributed by atoms with E-state index in [1.54, 1.807) is 23.9 Å². The summed E-state index contributed by atoms with van der Waals surface area (Å²) in [6, 6.07) is 5.22. The molecular formula is C12H17NO2S. The van der Waals surface area contributed by atoms with Crippen LogP contribution in [0.3, 0.4) is 0 Å². The van der Waals surface area contributed by atoms with Crippen LogP contribution < -0.4 is 5.73 Å². The molecule has 2 N–H and O–H groups in total. The number of hydrogen-bond acceptors (Lipinski definition) is 4. The van der Waals surface area contributed by atoms with Gasteiger partial charge in [0.15, 0.2) is 0 Å². The van der Waals surface area contributed by atoms with Crippen LogP contribution in [0.25, 0.3) is 0 Å². The standard InChI is InChI=1S/C12H17NO2S/c1-3-16-7-6-15-12(14)10-5-4-9(2)11(13)8-10/h4-5,8H,3,6-7,13H2,1-2H3. The van der Waals surface area contributed by atoms with Crippen LogP contribution in [0.2, 0.25) is 0 Å². The lowest BCUT2D eigenvalue weighted by atomic mass is 10.1. The number of esters is 1. The van der Waals surface area contributed by atoms with Gasteiger partial charge in [0.05, 0.1) is 5.56 Å². The van der Waals surface area contributed by atoms with E-state index in [1.165, 1.54) is 0 Å². The summed E-state index contributed by atoms with van der Waals surface area (Å²) >= 11 is 1.75. The molecule has 0 heterocycles. The van der Waals surface area contributed by atoms with Crippen molar-refractivity contribution < 1.29 is 9.53 Å². The lowest BCUT2D eigenvalue weighted by molar-refractivity contribution is 0.0530. The van der Waals surface area contributed by atoms with E-state index in [2.05, 4.69) is 6.92 Å². The van der Waals surface area contributed by atoms with Gasteiger partial charge < -0.3 is 10.5 Å². The third-order valence-electron chi connectivity index (χ3n) is 2.18. The number of nitrogen functional groups attached to an aromatic ring is 1. The topological polar surface area (TPSA) is 52.3 Å². The molecule has 0 aliphatic carbocycles. The first-order valence-corrected chi connectivity index (χ1v) is 6.41. The van der Waals surface area contributed by atoms with Gasteiger partial charge in [0.1, 0.15) is 6.61 Å². The van der Waals surface area contributed by atoms with Crippen LogP contribution in [0.1, 0.15) is 22.8 Å². The van der Waals surface area contributed by atoms with Gasteiger partial charge in [0, 0.05) is 11.4 Å². The zero-order valence-electron chi connectivity index (χ0n) is 9.66. The van der Waals surface area contributed by atoms with Crippen LogP contribution in [0, 0.1) is 6.92 Å². The van der Waals surface area contributed by atoms with Crippen molar-refractivity contribution in [1.82, 2.24) is 0 Å². The van der Waals surface area contributed by atoms with Gasteiger partial charge in [-0.3, -0.25) is 0 Å². The van der Waals surface area contributed by atoms with Gasteiger partial charge in [0.2, 0.25) is 0 Å². The molecule has 0 aliphatic heterocycles. The van der Waals surface area contributed by atoms with Crippen LogP contribution in [0.4, 0.5) is 5.69 Å². The molecule has 0 saturated heterocycles. The highest BCUT2D eigenvalue weighted by Gasteiger charge is 2.07. The molecule has 0 aromatic heterocycles. The normalized spacial score (nSPS) is 10.1. The summed E-state index contributed by atoms with van der Waals surface area (Å²) < 4.78 is 5.11. The molecule has 0 radical (unpaired) electrons. The van der Waals surface area contributed by atoms with E-state index in [4.69, 9.17) is 10.5 Å². The number of hydrogen-bond donors (Lipinski definition) is 1. The number of thioether (sulfide) groups is 1. The maximum absolute atomic E-state index is 11.6. The first-order valence-electron chi connectivity index (χ1n) is 5.26. The predicted molar refractivity (Wildman–Crippen MR) is 68.9 cm³/mol. The van der Waals surface area contributed by atoms with Crippen LogP contribution in [0.5, 0.6) is 0 Å². The molecule has 1 aromatic rings. The highest BCUT2D eigenvalue weighted by molar-refractivity contribution is 7.99. The number of benzene rings is 1. The van der Waals surface area contributed by atoms with E-state index < -0.39 is 0 Å². The molecule has 0 bridgehead atoms. The van der Waals surface area contributed by atoms with Crippen molar-refractivity contribution in [2.45, 2.75) is 13.8 Å². The average Bonchev–Trinajstić information content (AvgIpc) is 2.28. The molecule has 4 heteroatoms. The Balaban J connectivity index is 2.50. The molecule has 16 heavy (non-hydrogen) atoms. The maximum Gasteiger partial charge on any atom is 0.338 e. The summed E-state index contributed by atoms with van der Waals surface area (Å²) in [4.78, 5) is 11.6. The third-order valence-corrected chi connectivity index (χ3v) is 3.04. The van der Waals surface area contributed by atoms with Gasteiger partial charge in [-0.1, -0.05) is 13.0 Å². The summed E-state index contributed by atoms with van der Waals surface area (Å²) in [7, 11) is 0. The van der Waals surface area contributed by atoms with E-state index in [-0.39, 0.29) is 5.97 Å². The molecule has 1 aromatic carbocycles. The number of anilines is 1. The lowest BCUT2D eigenvalue weighted by Gasteiger charge is -2.06. The SMILES string of the molecule is CCSCCOC(=O)c1ccc(C)c(N)c1. The van der Waals surface area contributed by atoms with Crippen molar-refractivity contribution in [2.24, 2.45) is 0 Å². The number of carbonyl (C=O) groups is 1. The fourth-order valence-corrected chi connectivity index (χ4v) is 1.68. The Morgan fingerprint density at radius 2 is 2.25 bits per heavy atom. The van der Waals surface area contributed by atoms with E-state index in [9.17, 15) is 4.79 Å². The summed E-state index contributed by atoms with van der Waals surface area (Å²) in [6.45, 7) is 4.43. The zero-order chi connectivity index (χ0) is 12.0. The third kappa shape index (κ3) is 3.77. The average molecular weight is 239 g/mol. The number of rotatable bonds is 5. The molecular weight excluding hydrogens is 222 g/mol. The zero-order valence-corrected chi connectivity index (χ0v) is 10.5. The van der Waals surface area contributed by atoms with Crippen LogP contribution in [0.15, 0.2) is 18.2 Å². The largest absolute Gasteiger partial charge is 0.461 e. The van der Waals surface area contributed by atoms with Crippen molar-refractivity contribution in [1.29, 1.82) is 0 Å². The molecule has 0 saturated carbocycles. The minimum Gasteiger partial charge on any atom is -0.461 e. The second-order valence-electron chi connectivity index (χ2n) is 3.40. The Bertz CT molecular complexity index is 366. The highest BCUT2D eigenvalue weighted by Crippen LogP contribution is 2.13. The van der Waals surface area contributed by atoms with E-state index in [1.807, 2.05) is 13.0 Å². The molecule has 1 rings (SSSR count). The summed E-state index contributed by atoms with van der Waals surface area (Å²) in [5, 5.41) is 0. The Kier molecular flexibility index (Phi) is 5.19. The molecule has 0 unspecified atom stereocenters. The Labute approximate surface area is 100 Å². The van der Waals surface area contributed by atoms with Crippen molar-refractivity contribution in [3.63, 3.8) is 0 Å². The highest BCUT2D eigenvalue weighted by atomic mass is 32.2. The summed E-state index contributed by atoms with van der Waals surface area (Å²) in [6.07, 6.45) is 0. The minimum absolute atomic E-state index is 0.302. The van der Waals surface area contributed by atoms with Crippen LogP contribution in [-0.2, 0) is 4.74 Å². The van der Waals surface area contributed by atoms with Crippen molar-refractivity contribution >= 4 is 23.4 Å². The number of aryl methyl sites for hydroxylation is 1. The monoisotopic (exact) mass is 239 g/mol. The molecule has 0 spiro atoms. The Morgan fingerprint density at radius 1 is 1.50 bits per heavy atom. The van der Waals surface area contributed by atoms with Gasteiger partial charge in [-0.15, -0.1) is 0 Å². The van der Waals surface area contributed by atoms with E-state index in [0.29, 0.717) is 17.9 Å². The van der Waals surface area contributed by atoms with Gasteiger partial charge in [-0.2, -0.15) is 11.8 Å². The second-order valence-corrected chi connectivity index (χ2v) is 4.80. The van der Waals surface area contributed by atoms with Gasteiger partial charge in [-0.05, 0) is 30.4 Å².